The van der Waals surface area contributed by atoms with Gasteiger partial charge in [0.2, 0.25) is 5.91 Å². The van der Waals surface area contributed by atoms with Gasteiger partial charge in [-0.25, -0.2) is 0 Å². The van der Waals surface area contributed by atoms with Gasteiger partial charge < -0.3 is 25.0 Å². The van der Waals surface area contributed by atoms with Gasteiger partial charge in [-0.3, -0.25) is 9.79 Å². The van der Waals surface area contributed by atoms with Crippen molar-refractivity contribution in [2.24, 2.45) is 10.4 Å². The highest BCUT2D eigenvalue weighted by Gasteiger charge is 2.20. The molecule has 1 amide bonds. The van der Waals surface area contributed by atoms with E-state index in [1.54, 1.807) is 21.3 Å². The molecule has 8 heteroatoms. The fourth-order valence-corrected chi connectivity index (χ4v) is 2.52. The molecule has 0 atom stereocenters. The second-order valence-electron chi connectivity index (χ2n) is 7.47. The van der Waals surface area contributed by atoms with E-state index in [-0.39, 0.29) is 35.3 Å². The van der Waals surface area contributed by atoms with Gasteiger partial charge in [0, 0.05) is 39.1 Å². The Hall–Kier alpha value is -1.71. The molecule has 0 aliphatic heterocycles. The third kappa shape index (κ3) is 7.73. The third-order valence-electron chi connectivity index (χ3n) is 4.20. The lowest BCUT2D eigenvalue weighted by atomic mass is 9.96. The number of aliphatic imine (C=N–C) groups is 1. The number of nitrogens with one attached hydrogen (secondary N) is 2. The Labute approximate surface area is 186 Å². The molecule has 0 aromatic heterocycles. The van der Waals surface area contributed by atoms with Gasteiger partial charge in [0.05, 0.1) is 14.2 Å². The van der Waals surface area contributed by atoms with Gasteiger partial charge in [0.25, 0.3) is 0 Å². The van der Waals surface area contributed by atoms with Crippen LogP contribution >= 0.6 is 24.0 Å². The first-order valence-electron chi connectivity index (χ1n) is 9.05. The Morgan fingerprint density at radius 1 is 1.11 bits per heavy atom. The van der Waals surface area contributed by atoms with Gasteiger partial charge in [-0.1, -0.05) is 20.8 Å². The number of carbonyl (C=O) groups is 1. The summed E-state index contributed by atoms with van der Waals surface area (Å²) in [5, 5.41) is 6.19. The molecule has 0 unspecified atom stereocenters. The van der Waals surface area contributed by atoms with E-state index in [4.69, 9.17) is 9.47 Å². The highest BCUT2D eigenvalue weighted by molar-refractivity contribution is 14.0. The van der Waals surface area contributed by atoms with Crippen molar-refractivity contribution in [1.29, 1.82) is 0 Å². The molecule has 1 rings (SSSR count). The lowest BCUT2D eigenvalue weighted by Crippen LogP contribution is -2.44. The van der Waals surface area contributed by atoms with Crippen molar-refractivity contribution in [3.8, 4) is 11.5 Å². The summed E-state index contributed by atoms with van der Waals surface area (Å²) in [7, 11) is 6.98. The van der Waals surface area contributed by atoms with Crippen LogP contribution in [0.4, 0.5) is 0 Å². The summed E-state index contributed by atoms with van der Waals surface area (Å²) >= 11 is 0. The molecule has 1 aromatic carbocycles. The second kappa shape index (κ2) is 12.0. The Bertz CT molecular complexity index is 672. The topological polar surface area (TPSA) is 75.2 Å². The number of guanidine groups is 1. The zero-order chi connectivity index (χ0) is 20.6. The molecule has 0 radical (unpaired) electrons. The Morgan fingerprint density at radius 3 is 2.14 bits per heavy atom. The minimum absolute atomic E-state index is 0. The highest BCUT2D eigenvalue weighted by atomic mass is 127. The molecule has 2 N–H and O–H groups in total. The van der Waals surface area contributed by atoms with Crippen molar-refractivity contribution in [3.05, 3.63) is 23.3 Å². The maximum absolute atomic E-state index is 11.9. The Balaban J connectivity index is 0.00000729. The number of rotatable bonds is 7. The lowest BCUT2D eigenvalue weighted by Gasteiger charge is -2.24. The van der Waals surface area contributed by atoms with Crippen LogP contribution in [0.1, 0.15) is 31.9 Å². The van der Waals surface area contributed by atoms with E-state index in [1.807, 2.05) is 51.8 Å². The van der Waals surface area contributed by atoms with Crippen molar-refractivity contribution >= 4 is 35.8 Å². The number of benzene rings is 1. The summed E-state index contributed by atoms with van der Waals surface area (Å²) in [5.74, 6) is 2.22. The van der Waals surface area contributed by atoms with Gasteiger partial charge in [-0.05, 0) is 30.2 Å². The molecule has 0 spiro atoms. The zero-order valence-electron chi connectivity index (χ0n) is 18.3. The maximum atomic E-state index is 11.9. The van der Waals surface area contributed by atoms with Crippen LogP contribution in [0.2, 0.25) is 0 Å². The molecule has 160 valence electrons. The number of nitrogens with zero attached hydrogens (tertiary/aromatic N) is 2. The molecule has 0 fully saturated rings. The molecule has 0 saturated heterocycles. The van der Waals surface area contributed by atoms with E-state index in [9.17, 15) is 4.79 Å². The summed E-state index contributed by atoms with van der Waals surface area (Å²) < 4.78 is 10.7. The van der Waals surface area contributed by atoms with Crippen LogP contribution < -0.4 is 20.1 Å². The number of hydrogen-bond donors (Lipinski definition) is 2. The van der Waals surface area contributed by atoms with Crippen molar-refractivity contribution in [2.45, 2.75) is 34.2 Å². The van der Waals surface area contributed by atoms with Gasteiger partial charge in [-0.2, -0.15) is 0 Å². The number of halogens is 1. The second-order valence-corrected chi connectivity index (χ2v) is 7.47. The van der Waals surface area contributed by atoms with E-state index in [0.29, 0.717) is 25.4 Å². The van der Waals surface area contributed by atoms with Crippen LogP contribution in [-0.4, -0.2) is 58.2 Å². The zero-order valence-corrected chi connectivity index (χ0v) is 20.6. The average Bonchev–Trinajstić information content (AvgIpc) is 2.61. The first-order valence-corrected chi connectivity index (χ1v) is 9.05. The van der Waals surface area contributed by atoms with Gasteiger partial charge in [0.1, 0.15) is 0 Å². The predicted molar refractivity (Wildman–Crippen MR) is 125 cm³/mol. The minimum Gasteiger partial charge on any atom is -0.493 e. The molecule has 1 aromatic rings. The number of carbonyl (C=O) groups excluding carboxylic acids is 1. The van der Waals surface area contributed by atoms with Crippen molar-refractivity contribution in [1.82, 2.24) is 15.5 Å². The van der Waals surface area contributed by atoms with E-state index in [0.717, 1.165) is 22.8 Å². The van der Waals surface area contributed by atoms with Crippen LogP contribution in [0, 0.1) is 12.3 Å². The summed E-state index contributed by atoms with van der Waals surface area (Å²) in [6.45, 7) is 9.54. The standard InChI is InChI=1S/C20H34N4O3.HI/c1-14-11-16(26-7)17(27-8)12-15(14)13-24(6)19(21-5)23-10-9-22-18(25)20(2,3)4;/h11-12H,9-10,13H2,1-8H3,(H,21,23)(H,22,25);1H. The van der Waals surface area contributed by atoms with Crippen LogP contribution in [-0.2, 0) is 11.3 Å². The van der Waals surface area contributed by atoms with Gasteiger partial charge >= 0.3 is 0 Å². The first kappa shape index (κ1) is 26.3. The molecule has 7 nitrogen and oxygen atoms in total. The quantitative estimate of drug-likeness (QED) is 0.258. The third-order valence-corrected chi connectivity index (χ3v) is 4.20. The molecule has 28 heavy (non-hydrogen) atoms. The molecular weight excluding hydrogens is 471 g/mol. The van der Waals surface area contributed by atoms with E-state index >= 15 is 0 Å². The van der Waals surface area contributed by atoms with Crippen LogP contribution in [0.15, 0.2) is 17.1 Å². The fraction of sp³-hybridized carbons (Fsp3) is 0.600. The number of hydrogen-bond acceptors (Lipinski definition) is 4. The molecule has 0 saturated carbocycles. The number of aryl methyl sites for hydroxylation is 1. The SMILES string of the molecule is CN=C(NCCNC(=O)C(C)(C)C)N(C)Cc1cc(OC)c(OC)cc1C.I. The average molecular weight is 506 g/mol. The number of ether oxygens (including phenoxy) is 2. The smallest absolute Gasteiger partial charge is 0.225 e. The molecule has 0 bridgehead atoms. The summed E-state index contributed by atoms with van der Waals surface area (Å²) in [6, 6.07) is 3.96. The maximum Gasteiger partial charge on any atom is 0.225 e. The summed E-state index contributed by atoms with van der Waals surface area (Å²) in [5.41, 5.74) is 1.86. The van der Waals surface area contributed by atoms with E-state index in [2.05, 4.69) is 15.6 Å². The molecule has 0 aliphatic rings. The van der Waals surface area contributed by atoms with Gasteiger partial charge in [0.15, 0.2) is 17.5 Å². The molecule has 0 heterocycles. The van der Waals surface area contributed by atoms with Crippen molar-refractivity contribution in [2.75, 3.05) is 41.4 Å². The largest absolute Gasteiger partial charge is 0.493 e. The summed E-state index contributed by atoms with van der Waals surface area (Å²) in [4.78, 5) is 18.2. The van der Waals surface area contributed by atoms with Gasteiger partial charge in [-0.15, -0.1) is 24.0 Å². The Kier molecular flexibility index (Phi) is 11.2. The monoisotopic (exact) mass is 506 g/mol. The lowest BCUT2D eigenvalue weighted by molar-refractivity contribution is -0.128. The highest BCUT2D eigenvalue weighted by Crippen LogP contribution is 2.30. The number of amides is 1. The van der Waals surface area contributed by atoms with E-state index in [1.165, 1.54) is 0 Å². The normalized spacial score (nSPS) is 11.4. The molecular formula is C20H35IN4O3. The van der Waals surface area contributed by atoms with Crippen LogP contribution in [0.5, 0.6) is 11.5 Å². The van der Waals surface area contributed by atoms with Crippen LogP contribution in [0.25, 0.3) is 0 Å². The Morgan fingerprint density at radius 2 is 1.64 bits per heavy atom. The number of methoxy groups -OCH3 is 2. The fourth-order valence-electron chi connectivity index (χ4n) is 2.52. The van der Waals surface area contributed by atoms with Crippen LogP contribution in [0.3, 0.4) is 0 Å². The van der Waals surface area contributed by atoms with Crippen molar-refractivity contribution in [3.63, 3.8) is 0 Å². The predicted octanol–water partition coefficient (Wildman–Crippen LogP) is 2.80. The minimum atomic E-state index is -0.385. The molecule has 0 aliphatic carbocycles. The van der Waals surface area contributed by atoms with E-state index < -0.39 is 0 Å². The first-order chi connectivity index (χ1) is 12.6. The summed E-state index contributed by atoms with van der Waals surface area (Å²) in [6.07, 6.45) is 0. The van der Waals surface area contributed by atoms with Crippen molar-refractivity contribution < 1.29 is 14.3 Å².